The Morgan fingerprint density at radius 1 is 1.15 bits per heavy atom. The molecule has 6 heteroatoms. The number of aryl methyl sites for hydroxylation is 1. The topological polar surface area (TPSA) is 81.1 Å². The van der Waals surface area contributed by atoms with E-state index >= 15 is 0 Å². The van der Waals surface area contributed by atoms with Crippen molar-refractivity contribution < 1.29 is 13.6 Å². The molecule has 0 aromatic heterocycles. The van der Waals surface area contributed by atoms with Crippen LogP contribution in [0.25, 0.3) is 0 Å². The van der Waals surface area contributed by atoms with Gasteiger partial charge in [0.15, 0.2) is 0 Å². The molecule has 0 saturated heterocycles. The van der Waals surface area contributed by atoms with Gasteiger partial charge in [-0.25, -0.2) is 8.78 Å². The molecule has 0 spiro atoms. The van der Waals surface area contributed by atoms with E-state index in [1.54, 1.807) is 19.1 Å². The van der Waals surface area contributed by atoms with Crippen LogP contribution < -0.4 is 16.8 Å². The van der Waals surface area contributed by atoms with Crippen LogP contribution in [-0.2, 0) is 0 Å². The normalized spacial score (nSPS) is 10.3. The number of nitrogens with one attached hydrogen (secondary N) is 1. The van der Waals surface area contributed by atoms with E-state index in [1.165, 1.54) is 12.1 Å². The van der Waals surface area contributed by atoms with Gasteiger partial charge in [0.1, 0.15) is 11.6 Å². The van der Waals surface area contributed by atoms with Crippen LogP contribution >= 0.6 is 0 Å². The van der Waals surface area contributed by atoms with Gasteiger partial charge >= 0.3 is 0 Å². The zero-order valence-electron chi connectivity index (χ0n) is 10.7. The lowest BCUT2D eigenvalue weighted by atomic mass is 10.1. The van der Waals surface area contributed by atoms with Crippen LogP contribution in [0.15, 0.2) is 30.3 Å². The highest BCUT2D eigenvalue weighted by molar-refractivity contribution is 5.99. The number of amides is 1. The third-order valence-electron chi connectivity index (χ3n) is 2.86. The highest BCUT2D eigenvalue weighted by atomic mass is 19.1. The van der Waals surface area contributed by atoms with Gasteiger partial charge in [0.05, 0.1) is 11.3 Å². The predicted octanol–water partition coefficient (Wildman–Crippen LogP) is 2.70. The van der Waals surface area contributed by atoms with E-state index in [1.807, 2.05) is 0 Å². The Hall–Kier alpha value is -2.63. The second-order valence-corrected chi connectivity index (χ2v) is 4.37. The average molecular weight is 277 g/mol. The van der Waals surface area contributed by atoms with Crippen molar-refractivity contribution in [2.45, 2.75) is 6.92 Å². The highest BCUT2D eigenvalue weighted by Crippen LogP contribution is 2.26. The molecule has 2 rings (SSSR count). The van der Waals surface area contributed by atoms with E-state index in [9.17, 15) is 13.6 Å². The molecule has 0 saturated carbocycles. The number of rotatable bonds is 3. The average Bonchev–Trinajstić information content (AvgIpc) is 2.36. The van der Waals surface area contributed by atoms with Gasteiger partial charge in [-0.3, -0.25) is 4.79 Å². The lowest BCUT2D eigenvalue weighted by molar-refractivity contribution is 0.100. The van der Waals surface area contributed by atoms with E-state index in [0.717, 1.165) is 6.07 Å². The lowest BCUT2D eigenvalue weighted by Gasteiger charge is -2.11. The largest absolute Gasteiger partial charge is 0.398 e. The predicted molar refractivity (Wildman–Crippen MR) is 73.8 cm³/mol. The third-order valence-corrected chi connectivity index (χ3v) is 2.86. The number of halogens is 2. The molecule has 0 aliphatic rings. The zero-order valence-corrected chi connectivity index (χ0v) is 10.7. The summed E-state index contributed by atoms with van der Waals surface area (Å²) in [4.78, 5) is 11.2. The van der Waals surface area contributed by atoms with Gasteiger partial charge < -0.3 is 16.8 Å². The fourth-order valence-electron chi connectivity index (χ4n) is 1.72. The molecule has 0 heterocycles. The van der Waals surface area contributed by atoms with Crippen LogP contribution in [0, 0.1) is 18.6 Å². The molecule has 0 aliphatic carbocycles. The SMILES string of the molecule is Cc1ccc(Nc2cc(C(N)=O)c(N)cc2F)cc1F. The second kappa shape index (κ2) is 5.16. The van der Waals surface area contributed by atoms with Crippen molar-refractivity contribution in [2.24, 2.45) is 5.73 Å². The number of nitrogen functional groups attached to an aromatic ring is 1. The molecule has 2 aromatic rings. The molecular formula is C14H13F2N3O. The molecule has 1 amide bonds. The van der Waals surface area contributed by atoms with Gasteiger partial charge in [0, 0.05) is 11.4 Å². The number of primary amides is 1. The number of hydrogen-bond donors (Lipinski definition) is 3. The highest BCUT2D eigenvalue weighted by Gasteiger charge is 2.12. The van der Waals surface area contributed by atoms with Crippen LogP contribution in [0.3, 0.4) is 0 Å². The van der Waals surface area contributed by atoms with E-state index in [0.29, 0.717) is 11.3 Å². The number of hydrogen-bond acceptors (Lipinski definition) is 3. The Bertz CT molecular complexity index is 686. The summed E-state index contributed by atoms with van der Waals surface area (Å²) in [6, 6.07) is 6.58. The number of nitrogens with two attached hydrogens (primary N) is 2. The van der Waals surface area contributed by atoms with Gasteiger partial charge in [-0.1, -0.05) is 6.07 Å². The molecule has 4 nitrogen and oxygen atoms in total. The Morgan fingerprint density at radius 3 is 2.45 bits per heavy atom. The number of carbonyl (C=O) groups is 1. The minimum atomic E-state index is -0.763. The number of anilines is 3. The Balaban J connectivity index is 2.40. The molecule has 5 N–H and O–H groups in total. The first-order valence-corrected chi connectivity index (χ1v) is 5.80. The summed E-state index contributed by atoms with van der Waals surface area (Å²) in [7, 11) is 0. The van der Waals surface area contributed by atoms with Crippen LogP contribution in [0.1, 0.15) is 15.9 Å². The second-order valence-electron chi connectivity index (χ2n) is 4.37. The summed E-state index contributed by atoms with van der Waals surface area (Å²) in [6.45, 7) is 1.62. The zero-order chi connectivity index (χ0) is 14.9. The maximum atomic E-state index is 13.8. The number of benzene rings is 2. The van der Waals surface area contributed by atoms with E-state index in [4.69, 9.17) is 11.5 Å². The van der Waals surface area contributed by atoms with Crippen molar-refractivity contribution in [1.82, 2.24) is 0 Å². The molecule has 20 heavy (non-hydrogen) atoms. The standard InChI is InChI=1S/C14H13F2N3O/c1-7-2-3-8(4-10(7)15)19-13-5-9(14(18)20)12(17)6-11(13)16/h2-6,19H,17H2,1H3,(H2,18,20). The van der Waals surface area contributed by atoms with Crippen LogP contribution in [0.2, 0.25) is 0 Å². The van der Waals surface area contributed by atoms with Gasteiger partial charge in [-0.05, 0) is 36.8 Å². The van der Waals surface area contributed by atoms with Crippen molar-refractivity contribution in [3.8, 4) is 0 Å². The monoisotopic (exact) mass is 277 g/mol. The van der Waals surface area contributed by atoms with E-state index < -0.39 is 17.5 Å². The van der Waals surface area contributed by atoms with E-state index in [2.05, 4.69) is 5.32 Å². The Labute approximate surface area is 114 Å². The van der Waals surface area contributed by atoms with E-state index in [-0.39, 0.29) is 16.9 Å². The first-order chi connectivity index (χ1) is 9.38. The molecule has 0 fully saturated rings. The van der Waals surface area contributed by atoms with Crippen molar-refractivity contribution in [1.29, 1.82) is 0 Å². The molecule has 2 aromatic carbocycles. The Kier molecular flexibility index (Phi) is 3.56. The van der Waals surface area contributed by atoms with Gasteiger partial charge in [-0.15, -0.1) is 0 Å². The van der Waals surface area contributed by atoms with Crippen molar-refractivity contribution in [3.63, 3.8) is 0 Å². The summed E-state index contributed by atoms with van der Waals surface area (Å²) >= 11 is 0. The summed E-state index contributed by atoms with van der Waals surface area (Å²) in [5.41, 5.74) is 11.4. The van der Waals surface area contributed by atoms with Crippen molar-refractivity contribution in [3.05, 3.63) is 53.1 Å². The van der Waals surface area contributed by atoms with Gasteiger partial charge in [0.2, 0.25) is 0 Å². The first kappa shape index (κ1) is 13.8. The fraction of sp³-hybridized carbons (Fsp3) is 0.0714. The quantitative estimate of drug-likeness (QED) is 0.754. The van der Waals surface area contributed by atoms with Gasteiger partial charge in [0.25, 0.3) is 5.91 Å². The molecule has 0 radical (unpaired) electrons. The minimum absolute atomic E-state index is 0.00137. The van der Waals surface area contributed by atoms with Crippen LogP contribution in [0.4, 0.5) is 25.8 Å². The molecule has 0 aliphatic heterocycles. The minimum Gasteiger partial charge on any atom is -0.398 e. The summed E-state index contributed by atoms with van der Waals surface area (Å²) in [5.74, 6) is -1.84. The molecule has 0 atom stereocenters. The molecular weight excluding hydrogens is 264 g/mol. The summed E-state index contributed by atoms with van der Waals surface area (Å²) in [6.07, 6.45) is 0. The third kappa shape index (κ3) is 2.69. The fourth-order valence-corrected chi connectivity index (χ4v) is 1.72. The maximum Gasteiger partial charge on any atom is 0.250 e. The molecule has 104 valence electrons. The molecule has 0 bridgehead atoms. The van der Waals surface area contributed by atoms with Crippen molar-refractivity contribution in [2.75, 3.05) is 11.1 Å². The van der Waals surface area contributed by atoms with Crippen LogP contribution in [-0.4, -0.2) is 5.91 Å². The van der Waals surface area contributed by atoms with Crippen molar-refractivity contribution >= 4 is 23.0 Å². The number of carbonyl (C=O) groups excluding carboxylic acids is 1. The summed E-state index contributed by atoms with van der Waals surface area (Å²) in [5, 5.41) is 2.68. The Morgan fingerprint density at radius 2 is 1.85 bits per heavy atom. The first-order valence-electron chi connectivity index (χ1n) is 5.80. The van der Waals surface area contributed by atoms with Gasteiger partial charge in [-0.2, -0.15) is 0 Å². The lowest BCUT2D eigenvalue weighted by Crippen LogP contribution is -2.14. The van der Waals surface area contributed by atoms with Crippen LogP contribution in [0.5, 0.6) is 0 Å². The summed E-state index contributed by atoms with van der Waals surface area (Å²) < 4.78 is 27.2. The smallest absolute Gasteiger partial charge is 0.250 e. The molecule has 0 unspecified atom stereocenters. The maximum absolute atomic E-state index is 13.8.